The first-order valence-corrected chi connectivity index (χ1v) is 9.04. The van der Waals surface area contributed by atoms with Gasteiger partial charge in [0, 0.05) is 0 Å². The molecule has 0 saturated heterocycles. The molecule has 2 nitrogen and oxygen atoms in total. The summed E-state index contributed by atoms with van der Waals surface area (Å²) in [6.07, 6.45) is 10.2. The smallest absolute Gasteiger partial charge is 0.0784 e. The summed E-state index contributed by atoms with van der Waals surface area (Å²) in [6.45, 7) is 0. The molecule has 4 heteroatoms. The van der Waals surface area contributed by atoms with Gasteiger partial charge in [-0.05, 0) is 25.7 Å². The summed E-state index contributed by atoms with van der Waals surface area (Å²) >= 11 is 7.35. The number of alkyl halides is 2. The minimum absolute atomic E-state index is 0.0617. The first kappa shape index (κ1) is 15.3. The van der Waals surface area contributed by atoms with Crippen molar-refractivity contribution in [3.63, 3.8) is 0 Å². The topological polar surface area (TPSA) is 40.5 Å². The van der Waals surface area contributed by atoms with Gasteiger partial charge in [0.1, 0.15) is 0 Å². The van der Waals surface area contributed by atoms with Gasteiger partial charge in [-0.1, -0.05) is 70.4 Å². The van der Waals surface area contributed by atoms with Gasteiger partial charge in [0.15, 0.2) is 0 Å². The van der Waals surface area contributed by atoms with Gasteiger partial charge >= 0.3 is 0 Å². The first-order valence-electron chi connectivity index (χ1n) is 7.21. The van der Waals surface area contributed by atoms with E-state index in [4.69, 9.17) is 0 Å². The molecule has 0 aliphatic heterocycles. The Hall–Kier alpha value is 0.880. The molecule has 0 radical (unpaired) electrons. The minimum atomic E-state index is -0.653. The fraction of sp³-hybridized carbons (Fsp3) is 1.00. The lowest BCUT2D eigenvalue weighted by molar-refractivity contribution is -0.0398. The van der Waals surface area contributed by atoms with Gasteiger partial charge in [0.2, 0.25) is 0 Å². The SMILES string of the molecule is OC1(C(Br)C(Br)C2(O)CCCCC2)CCCCC1. The Morgan fingerprint density at radius 2 is 0.889 bits per heavy atom. The molecule has 2 fully saturated rings. The van der Waals surface area contributed by atoms with E-state index in [2.05, 4.69) is 31.9 Å². The molecule has 2 atom stereocenters. The Morgan fingerprint density at radius 3 is 1.17 bits per heavy atom. The molecule has 0 aromatic rings. The number of halogens is 2. The van der Waals surface area contributed by atoms with E-state index in [1.165, 1.54) is 12.8 Å². The molecule has 0 bridgehead atoms. The molecule has 0 spiro atoms. The number of rotatable bonds is 3. The molecule has 18 heavy (non-hydrogen) atoms. The van der Waals surface area contributed by atoms with Crippen LogP contribution in [0.15, 0.2) is 0 Å². The zero-order valence-electron chi connectivity index (χ0n) is 10.9. The van der Waals surface area contributed by atoms with E-state index >= 15 is 0 Å². The molecule has 0 aromatic carbocycles. The second kappa shape index (κ2) is 6.11. The molecule has 0 heterocycles. The average molecular weight is 384 g/mol. The van der Waals surface area contributed by atoms with Gasteiger partial charge in [-0.2, -0.15) is 0 Å². The van der Waals surface area contributed by atoms with Crippen LogP contribution in [0.25, 0.3) is 0 Å². The van der Waals surface area contributed by atoms with Crippen molar-refractivity contribution in [1.82, 2.24) is 0 Å². The molecular weight excluding hydrogens is 360 g/mol. The van der Waals surface area contributed by atoms with Crippen molar-refractivity contribution in [2.24, 2.45) is 0 Å². The quantitative estimate of drug-likeness (QED) is 0.725. The molecule has 106 valence electrons. The van der Waals surface area contributed by atoms with Gasteiger partial charge in [-0.3, -0.25) is 0 Å². The van der Waals surface area contributed by atoms with Crippen molar-refractivity contribution >= 4 is 31.9 Å². The lowest BCUT2D eigenvalue weighted by atomic mass is 9.75. The lowest BCUT2D eigenvalue weighted by Gasteiger charge is -2.45. The van der Waals surface area contributed by atoms with Crippen molar-refractivity contribution in [3.05, 3.63) is 0 Å². The Balaban J connectivity index is 2.04. The Morgan fingerprint density at radius 1 is 0.611 bits per heavy atom. The molecule has 0 aromatic heterocycles. The number of hydrogen-bond donors (Lipinski definition) is 2. The van der Waals surface area contributed by atoms with Crippen LogP contribution >= 0.6 is 31.9 Å². The molecule has 2 saturated carbocycles. The van der Waals surface area contributed by atoms with E-state index in [1.807, 2.05) is 0 Å². The highest BCUT2D eigenvalue weighted by Crippen LogP contribution is 2.44. The second-order valence-corrected chi connectivity index (χ2v) is 8.11. The highest BCUT2D eigenvalue weighted by molar-refractivity contribution is 9.12. The van der Waals surface area contributed by atoms with E-state index in [9.17, 15) is 10.2 Å². The standard InChI is InChI=1S/C14H24Br2O2/c15-11(13(17)7-3-1-4-8-13)12(16)14(18)9-5-2-6-10-14/h11-12,17-18H,1-10H2. The third kappa shape index (κ3) is 3.13. The summed E-state index contributed by atoms with van der Waals surface area (Å²) in [7, 11) is 0. The van der Waals surface area contributed by atoms with E-state index in [0.717, 1.165) is 51.4 Å². The van der Waals surface area contributed by atoms with Gasteiger partial charge in [-0.15, -0.1) is 0 Å². The molecular formula is C14H24Br2O2. The molecule has 2 aliphatic carbocycles. The third-order valence-corrected chi connectivity index (χ3v) is 8.19. The summed E-state index contributed by atoms with van der Waals surface area (Å²) in [6, 6.07) is 0. The Labute approximate surface area is 127 Å². The fourth-order valence-electron chi connectivity index (χ4n) is 3.42. The molecule has 2 unspecified atom stereocenters. The van der Waals surface area contributed by atoms with Crippen molar-refractivity contribution < 1.29 is 10.2 Å². The average Bonchev–Trinajstić information content (AvgIpc) is 2.39. The van der Waals surface area contributed by atoms with Gasteiger partial charge in [0.05, 0.1) is 20.9 Å². The largest absolute Gasteiger partial charge is 0.389 e. The molecule has 2 rings (SSSR count). The van der Waals surface area contributed by atoms with Crippen LogP contribution in [0.1, 0.15) is 64.2 Å². The summed E-state index contributed by atoms with van der Waals surface area (Å²) in [5.74, 6) is 0. The van der Waals surface area contributed by atoms with Crippen LogP contribution in [0.2, 0.25) is 0 Å². The fourth-order valence-corrected chi connectivity index (χ4v) is 5.32. The summed E-state index contributed by atoms with van der Waals surface area (Å²) in [5, 5.41) is 21.5. The highest BCUT2D eigenvalue weighted by atomic mass is 79.9. The van der Waals surface area contributed by atoms with Gasteiger partial charge < -0.3 is 10.2 Å². The monoisotopic (exact) mass is 382 g/mol. The van der Waals surface area contributed by atoms with E-state index in [-0.39, 0.29) is 9.65 Å². The van der Waals surface area contributed by atoms with Crippen molar-refractivity contribution in [3.8, 4) is 0 Å². The van der Waals surface area contributed by atoms with Crippen LogP contribution in [-0.2, 0) is 0 Å². The van der Waals surface area contributed by atoms with Crippen molar-refractivity contribution in [1.29, 1.82) is 0 Å². The Kier molecular flexibility index (Phi) is 5.18. The van der Waals surface area contributed by atoms with Gasteiger partial charge in [0.25, 0.3) is 0 Å². The zero-order valence-corrected chi connectivity index (χ0v) is 14.0. The maximum absolute atomic E-state index is 10.8. The summed E-state index contributed by atoms with van der Waals surface area (Å²) < 4.78 is 0. The number of hydrogen-bond acceptors (Lipinski definition) is 2. The van der Waals surface area contributed by atoms with E-state index < -0.39 is 11.2 Å². The van der Waals surface area contributed by atoms with Crippen LogP contribution < -0.4 is 0 Å². The van der Waals surface area contributed by atoms with Crippen molar-refractivity contribution in [2.75, 3.05) is 0 Å². The Bertz CT molecular complexity index is 243. The second-order valence-electron chi connectivity index (χ2n) is 6.13. The van der Waals surface area contributed by atoms with Gasteiger partial charge in [-0.25, -0.2) is 0 Å². The predicted molar refractivity (Wildman–Crippen MR) is 81.5 cm³/mol. The third-order valence-electron chi connectivity index (χ3n) is 4.72. The van der Waals surface area contributed by atoms with Crippen LogP contribution in [0.5, 0.6) is 0 Å². The minimum Gasteiger partial charge on any atom is -0.389 e. The zero-order chi connectivity index (χ0) is 13.2. The van der Waals surface area contributed by atoms with Crippen LogP contribution in [-0.4, -0.2) is 31.1 Å². The normalized spacial score (nSPS) is 30.7. The van der Waals surface area contributed by atoms with Crippen LogP contribution in [0.4, 0.5) is 0 Å². The predicted octanol–water partition coefficient (Wildman–Crippen LogP) is 3.90. The summed E-state index contributed by atoms with van der Waals surface area (Å²) in [4.78, 5) is -0.123. The van der Waals surface area contributed by atoms with Crippen LogP contribution in [0, 0.1) is 0 Å². The molecule has 0 amide bonds. The van der Waals surface area contributed by atoms with E-state index in [1.54, 1.807) is 0 Å². The van der Waals surface area contributed by atoms with Crippen molar-refractivity contribution in [2.45, 2.75) is 85.1 Å². The van der Waals surface area contributed by atoms with E-state index in [0.29, 0.717) is 0 Å². The van der Waals surface area contributed by atoms with Crippen LogP contribution in [0.3, 0.4) is 0 Å². The number of aliphatic hydroxyl groups is 2. The molecule has 2 aliphatic rings. The lowest BCUT2D eigenvalue weighted by Crippen LogP contribution is -2.54. The maximum atomic E-state index is 10.8. The maximum Gasteiger partial charge on any atom is 0.0784 e. The summed E-state index contributed by atoms with van der Waals surface area (Å²) in [5.41, 5.74) is -1.31. The molecule has 2 N–H and O–H groups in total. The highest BCUT2D eigenvalue weighted by Gasteiger charge is 2.48. The first-order chi connectivity index (χ1) is 8.48.